The molecule has 1 aromatic carbocycles. The molecule has 1 heterocycles. The number of carboxylic acids is 1. The lowest BCUT2D eigenvalue weighted by Gasteiger charge is -2.08. The first-order chi connectivity index (χ1) is 9.63. The second-order valence-electron chi connectivity index (χ2n) is 4.53. The number of hydrogen-bond acceptors (Lipinski definition) is 4. The van der Waals surface area contributed by atoms with Crippen LogP contribution in [0.3, 0.4) is 0 Å². The van der Waals surface area contributed by atoms with Crippen LogP contribution in [0, 0.1) is 0 Å². The minimum atomic E-state index is -1.16. The Hall–Kier alpha value is -2.14. The van der Waals surface area contributed by atoms with Crippen LogP contribution in [-0.2, 0) is 0 Å². The molecule has 1 aromatic heterocycles. The molecule has 1 saturated carbocycles. The zero-order chi connectivity index (χ0) is 14.1. The van der Waals surface area contributed by atoms with Gasteiger partial charge in [-0.05, 0) is 37.1 Å². The van der Waals surface area contributed by atoms with Crippen LogP contribution in [0.25, 0.3) is 11.3 Å². The van der Waals surface area contributed by atoms with E-state index in [1.165, 1.54) is 6.20 Å². The topological polar surface area (TPSA) is 72.3 Å². The van der Waals surface area contributed by atoms with Gasteiger partial charge in [0.1, 0.15) is 5.75 Å². The van der Waals surface area contributed by atoms with Crippen molar-refractivity contribution in [1.82, 2.24) is 9.97 Å². The van der Waals surface area contributed by atoms with Crippen molar-refractivity contribution in [2.24, 2.45) is 0 Å². The monoisotopic (exact) mass is 290 g/mol. The lowest BCUT2D eigenvalue weighted by molar-refractivity contribution is 0.0683. The molecule has 0 bridgehead atoms. The molecular weight excluding hydrogens is 280 g/mol. The Balaban J connectivity index is 1.91. The van der Waals surface area contributed by atoms with Crippen molar-refractivity contribution in [2.45, 2.75) is 18.9 Å². The molecule has 20 heavy (non-hydrogen) atoms. The zero-order valence-electron chi connectivity index (χ0n) is 10.4. The summed E-state index contributed by atoms with van der Waals surface area (Å²) >= 11 is 6.17. The number of carboxylic acid groups (broad SMARTS) is 1. The Morgan fingerprint density at radius 1 is 1.35 bits per heavy atom. The maximum Gasteiger partial charge on any atom is 0.373 e. The number of halogens is 1. The Bertz CT molecular complexity index is 671. The molecule has 1 fully saturated rings. The van der Waals surface area contributed by atoms with Gasteiger partial charge in [0.2, 0.25) is 5.82 Å². The Morgan fingerprint density at radius 2 is 2.15 bits per heavy atom. The van der Waals surface area contributed by atoms with Gasteiger partial charge in [0.05, 0.1) is 16.8 Å². The zero-order valence-corrected chi connectivity index (χ0v) is 11.2. The van der Waals surface area contributed by atoms with Crippen molar-refractivity contribution < 1.29 is 14.6 Å². The molecule has 6 heteroatoms. The molecule has 0 amide bonds. The van der Waals surface area contributed by atoms with Crippen molar-refractivity contribution in [2.75, 3.05) is 0 Å². The van der Waals surface area contributed by atoms with Crippen molar-refractivity contribution in [3.63, 3.8) is 0 Å². The van der Waals surface area contributed by atoms with Crippen molar-refractivity contribution in [3.8, 4) is 17.0 Å². The smallest absolute Gasteiger partial charge is 0.373 e. The molecule has 0 spiro atoms. The highest BCUT2D eigenvalue weighted by Crippen LogP contribution is 2.34. The summed E-state index contributed by atoms with van der Waals surface area (Å²) < 4.78 is 5.65. The molecule has 0 aliphatic heterocycles. The van der Waals surface area contributed by atoms with E-state index >= 15 is 0 Å². The second-order valence-corrected chi connectivity index (χ2v) is 4.94. The molecule has 102 valence electrons. The van der Waals surface area contributed by atoms with Gasteiger partial charge in [-0.3, -0.25) is 0 Å². The summed E-state index contributed by atoms with van der Waals surface area (Å²) in [7, 11) is 0. The molecule has 0 saturated heterocycles. The first-order valence-corrected chi connectivity index (χ1v) is 6.54. The van der Waals surface area contributed by atoms with Crippen LogP contribution >= 0.6 is 11.6 Å². The molecular formula is C14H11ClN2O3. The van der Waals surface area contributed by atoms with Gasteiger partial charge >= 0.3 is 5.97 Å². The third-order valence-electron chi connectivity index (χ3n) is 2.89. The third-order valence-corrected chi connectivity index (χ3v) is 3.19. The third kappa shape index (κ3) is 2.72. The standard InChI is InChI=1S/C14H11ClN2O3/c15-10-7-8(1-4-12(10)20-9-2-3-9)11-5-6-16-13(17-11)14(18)19/h1,4-7,9H,2-3H2,(H,18,19). The number of aromatic carboxylic acids is 1. The number of hydrogen-bond donors (Lipinski definition) is 1. The van der Waals surface area contributed by atoms with Crippen LogP contribution in [-0.4, -0.2) is 27.1 Å². The fourth-order valence-electron chi connectivity index (χ4n) is 1.74. The average molecular weight is 291 g/mol. The van der Waals surface area contributed by atoms with E-state index < -0.39 is 5.97 Å². The van der Waals surface area contributed by atoms with Crippen LogP contribution in [0.15, 0.2) is 30.5 Å². The Kier molecular flexibility index (Phi) is 3.28. The van der Waals surface area contributed by atoms with Crippen LogP contribution in [0.2, 0.25) is 5.02 Å². The van der Waals surface area contributed by atoms with Crippen LogP contribution in [0.5, 0.6) is 5.75 Å². The largest absolute Gasteiger partial charge is 0.489 e. The Labute approximate surface area is 120 Å². The van der Waals surface area contributed by atoms with Crippen LogP contribution in [0.1, 0.15) is 23.5 Å². The molecule has 0 radical (unpaired) electrons. The van der Waals surface area contributed by atoms with Gasteiger partial charge in [0, 0.05) is 11.8 Å². The van der Waals surface area contributed by atoms with E-state index in [1.807, 2.05) is 0 Å². The number of benzene rings is 1. The fraction of sp³-hybridized carbons (Fsp3) is 0.214. The molecule has 5 nitrogen and oxygen atoms in total. The van der Waals surface area contributed by atoms with E-state index in [9.17, 15) is 4.79 Å². The van der Waals surface area contributed by atoms with E-state index in [4.69, 9.17) is 21.4 Å². The van der Waals surface area contributed by atoms with E-state index in [2.05, 4.69) is 9.97 Å². The summed E-state index contributed by atoms with van der Waals surface area (Å²) in [5.74, 6) is -0.756. The predicted octanol–water partition coefficient (Wildman–Crippen LogP) is 3.04. The van der Waals surface area contributed by atoms with Gasteiger partial charge in [-0.2, -0.15) is 0 Å². The molecule has 0 unspecified atom stereocenters. The second kappa shape index (κ2) is 5.09. The van der Waals surface area contributed by atoms with E-state index in [0.29, 0.717) is 16.5 Å². The lowest BCUT2D eigenvalue weighted by Crippen LogP contribution is -2.04. The van der Waals surface area contributed by atoms with E-state index in [1.54, 1.807) is 24.3 Å². The highest BCUT2D eigenvalue weighted by molar-refractivity contribution is 6.32. The number of aromatic nitrogens is 2. The number of ether oxygens (including phenoxy) is 1. The molecule has 0 atom stereocenters. The minimum absolute atomic E-state index is 0.239. The predicted molar refractivity (Wildman–Crippen MR) is 73.1 cm³/mol. The van der Waals surface area contributed by atoms with E-state index in [-0.39, 0.29) is 11.9 Å². The first-order valence-electron chi connectivity index (χ1n) is 6.16. The summed E-state index contributed by atoms with van der Waals surface area (Å²) in [6.45, 7) is 0. The number of carbonyl (C=O) groups is 1. The highest BCUT2D eigenvalue weighted by Gasteiger charge is 2.24. The van der Waals surface area contributed by atoms with Crippen molar-refractivity contribution in [3.05, 3.63) is 41.3 Å². The molecule has 2 aromatic rings. The fourth-order valence-corrected chi connectivity index (χ4v) is 1.97. The van der Waals surface area contributed by atoms with Crippen LogP contribution in [0.4, 0.5) is 0 Å². The number of nitrogens with zero attached hydrogens (tertiary/aromatic N) is 2. The SMILES string of the molecule is O=C(O)c1nccc(-c2ccc(OC3CC3)c(Cl)c2)n1. The van der Waals surface area contributed by atoms with E-state index in [0.717, 1.165) is 18.4 Å². The van der Waals surface area contributed by atoms with Gasteiger partial charge in [-0.1, -0.05) is 11.6 Å². The number of rotatable bonds is 4. The van der Waals surface area contributed by atoms with Gasteiger partial charge in [0.15, 0.2) is 0 Å². The summed E-state index contributed by atoms with van der Waals surface area (Å²) in [5, 5.41) is 9.38. The summed E-state index contributed by atoms with van der Waals surface area (Å²) in [4.78, 5) is 18.5. The van der Waals surface area contributed by atoms with Crippen molar-refractivity contribution >= 4 is 17.6 Å². The quantitative estimate of drug-likeness (QED) is 0.937. The van der Waals surface area contributed by atoms with Crippen molar-refractivity contribution in [1.29, 1.82) is 0 Å². The molecule has 1 N–H and O–H groups in total. The molecule has 1 aliphatic rings. The van der Waals surface area contributed by atoms with Crippen LogP contribution < -0.4 is 4.74 Å². The average Bonchev–Trinajstić information content (AvgIpc) is 3.25. The van der Waals surface area contributed by atoms with Gasteiger partial charge < -0.3 is 9.84 Å². The lowest BCUT2D eigenvalue weighted by atomic mass is 10.1. The summed E-state index contributed by atoms with van der Waals surface area (Å²) in [6, 6.07) is 6.93. The Morgan fingerprint density at radius 3 is 2.80 bits per heavy atom. The van der Waals surface area contributed by atoms with Gasteiger partial charge in [-0.15, -0.1) is 0 Å². The summed E-state index contributed by atoms with van der Waals surface area (Å²) in [6.07, 6.45) is 3.81. The normalized spacial score (nSPS) is 14.1. The minimum Gasteiger partial charge on any atom is -0.489 e. The summed E-state index contributed by atoms with van der Waals surface area (Å²) in [5.41, 5.74) is 1.24. The first kappa shape index (κ1) is 12.9. The maximum absolute atomic E-state index is 10.9. The van der Waals surface area contributed by atoms with Gasteiger partial charge in [-0.25, -0.2) is 14.8 Å². The molecule has 3 rings (SSSR count). The van der Waals surface area contributed by atoms with Gasteiger partial charge in [0.25, 0.3) is 0 Å². The maximum atomic E-state index is 10.9. The highest BCUT2D eigenvalue weighted by atomic mass is 35.5. The molecule has 1 aliphatic carbocycles.